The van der Waals surface area contributed by atoms with Crippen LogP contribution in [-0.2, 0) is 4.74 Å². The minimum Gasteiger partial charge on any atom is -0.379 e. The van der Waals surface area contributed by atoms with Crippen LogP contribution in [0.25, 0.3) is 0 Å². The highest BCUT2D eigenvalue weighted by atomic mass is 19.3. The number of rotatable bonds is 5. The average Bonchev–Trinajstić information content (AvgIpc) is 2.85. The fourth-order valence-electron chi connectivity index (χ4n) is 2.49. The van der Waals surface area contributed by atoms with Crippen molar-refractivity contribution in [2.45, 2.75) is 57.1 Å². The Morgan fingerprint density at radius 2 is 1.94 bits per heavy atom. The normalized spacial score (nSPS) is 27.6. The molecular formula is C12H21F2NO. The van der Waals surface area contributed by atoms with E-state index in [0.29, 0.717) is 13.2 Å². The summed E-state index contributed by atoms with van der Waals surface area (Å²) < 4.78 is 31.8. The van der Waals surface area contributed by atoms with E-state index in [1.165, 1.54) is 0 Å². The number of halogens is 2. The quantitative estimate of drug-likeness (QED) is 0.724. The van der Waals surface area contributed by atoms with Crippen LogP contribution in [0.1, 0.15) is 39.5 Å². The van der Waals surface area contributed by atoms with E-state index in [4.69, 9.17) is 4.74 Å². The molecule has 4 heteroatoms. The number of ether oxygens (including phenoxy) is 1. The second-order valence-electron chi connectivity index (χ2n) is 5.42. The summed E-state index contributed by atoms with van der Waals surface area (Å²) >= 11 is 0. The molecule has 2 fully saturated rings. The lowest BCUT2D eigenvalue weighted by Crippen LogP contribution is -2.38. The first kappa shape index (κ1) is 12.2. The third-order valence-electron chi connectivity index (χ3n) is 3.69. The van der Waals surface area contributed by atoms with E-state index in [0.717, 1.165) is 19.3 Å². The molecule has 0 aromatic rings. The molecule has 0 amide bonds. The van der Waals surface area contributed by atoms with Gasteiger partial charge in [0.05, 0.1) is 12.6 Å². The minimum absolute atomic E-state index is 0.0276. The van der Waals surface area contributed by atoms with Gasteiger partial charge in [0.25, 0.3) is 5.92 Å². The first-order chi connectivity index (χ1) is 7.44. The fraction of sp³-hybridized carbons (Fsp3) is 1.00. The van der Waals surface area contributed by atoms with Crippen LogP contribution < -0.4 is 0 Å². The summed E-state index contributed by atoms with van der Waals surface area (Å²) in [7, 11) is 0. The highest BCUT2D eigenvalue weighted by Crippen LogP contribution is 2.48. The lowest BCUT2D eigenvalue weighted by atomic mass is 10.1. The topological polar surface area (TPSA) is 12.5 Å². The fourth-order valence-corrected chi connectivity index (χ4v) is 2.49. The molecule has 16 heavy (non-hydrogen) atoms. The van der Waals surface area contributed by atoms with Crippen LogP contribution in [-0.4, -0.2) is 42.2 Å². The maximum Gasteiger partial charge on any atom is 0.261 e. The van der Waals surface area contributed by atoms with Gasteiger partial charge in [-0.25, -0.2) is 8.78 Å². The summed E-state index contributed by atoms with van der Waals surface area (Å²) in [6.45, 7) is 5.20. The zero-order valence-electron chi connectivity index (χ0n) is 10.1. The van der Waals surface area contributed by atoms with E-state index in [9.17, 15) is 8.78 Å². The van der Waals surface area contributed by atoms with Crippen molar-refractivity contribution < 1.29 is 13.5 Å². The Morgan fingerprint density at radius 3 is 2.38 bits per heavy atom. The minimum atomic E-state index is -2.46. The van der Waals surface area contributed by atoms with Gasteiger partial charge < -0.3 is 4.74 Å². The Balaban J connectivity index is 1.80. The van der Waals surface area contributed by atoms with Gasteiger partial charge in [-0.15, -0.1) is 0 Å². The van der Waals surface area contributed by atoms with Gasteiger partial charge in [-0.3, -0.25) is 4.90 Å². The number of hydrogen-bond donors (Lipinski definition) is 0. The second-order valence-corrected chi connectivity index (χ2v) is 5.42. The Kier molecular flexibility index (Phi) is 3.23. The highest BCUT2D eigenvalue weighted by Gasteiger charge is 2.53. The molecule has 0 radical (unpaired) electrons. The molecule has 0 bridgehead atoms. The molecule has 0 N–H and O–H groups in total. The lowest BCUT2D eigenvalue weighted by molar-refractivity contribution is 0.000350. The van der Waals surface area contributed by atoms with Gasteiger partial charge in [0.1, 0.15) is 0 Å². The van der Waals surface area contributed by atoms with E-state index in [2.05, 4.69) is 0 Å². The highest BCUT2D eigenvalue weighted by molar-refractivity contribution is 5.06. The van der Waals surface area contributed by atoms with Crippen molar-refractivity contribution in [2.24, 2.45) is 0 Å². The molecule has 1 aliphatic heterocycles. The van der Waals surface area contributed by atoms with Crippen molar-refractivity contribution in [3.8, 4) is 0 Å². The maximum atomic E-state index is 13.1. The molecule has 1 aliphatic carbocycles. The van der Waals surface area contributed by atoms with E-state index in [-0.39, 0.29) is 24.6 Å². The first-order valence-corrected chi connectivity index (χ1v) is 6.18. The third-order valence-corrected chi connectivity index (χ3v) is 3.69. The number of likely N-dealkylation sites (tertiary alicyclic amines) is 1. The molecule has 0 aromatic heterocycles. The van der Waals surface area contributed by atoms with Crippen LogP contribution in [0.3, 0.4) is 0 Å². The van der Waals surface area contributed by atoms with Crippen molar-refractivity contribution in [1.82, 2.24) is 4.90 Å². The summed E-state index contributed by atoms with van der Waals surface area (Å²) in [5.74, 6) is -2.46. The van der Waals surface area contributed by atoms with Crippen molar-refractivity contribution >= 4 is 0 Å². The molecule has 0 atom stereocenters. The largest absolute Gasteiger partial charge is 0.379 e. The van der Waals surface area contributed by atoms with Crippen LogP contribution in [0, 0.1) is 0 Å². The molecule has 94 valence electrons. The number of hydrogen-bond acceptors (Lipinski definition) is 2. The summed E-state index contributed by atoms with van der Waals surface area (Å²) in [6, 6.07) is 0. The molecule has 1 saturated heterocycles. The van der Waals surface area contributed by atoms with Crippen molar-refractivity contribution in [1.29, 1.82) is 0 Å². The summed E-state index contributed by atoms with van der Waals surface area (Å²) in [5.41, 5.74) is 0.0504. The van der Waals surface area contributed by atoms with Gasteiger partial charge in [-0.2, -0.15) is 0 Å². The Hall–Kier alpha value is -0.220. The van der Waals surface area contributed by atoms with Crippen molar-refractivity contribution in [3.63, 3.8) is 0 Å². The summed E-state index contributed by atoms with van der Waals surface area (Å²) in [4.78, 5) is 1.98. The van der Waals surface area contributed by atoms with Gasteiger partial charge in [0, 0.05) is 25.1 Å². The smallest absolute Gasteiger partial charge is 0.261 e. The predicted molar refractivity (Wildman–Crippen MR) is 58.8 cm³/mol. The Morgan fingerprint density at radius 1 is 1.25 bits per heavy atom. The molecular weight excluding hydrogens is 212 g/mol. The molecule has 0 unspecified atom stereocenters. The number of alkyl halides is 2. The molecule has 0 aromatic carbocycles. The number of nitrogens with zero attached hydrogens (tertiary/aromatic N) is 1. The second kappa shape index (κ2) is 4.22. The summed E-state index contributed by atoms with van der Waals surface area (Å²) in [5, 5.41) is 0. The van der Waals surface area contributed by atoms with Gasteiger partial charge in [-0.1, -0.05) is 0 Å². The van der Waals surface area contributed by atoms with Crippen LogP contribution in [0.15, 0.2) is 0 Å². The van der Waals surface area contributed by atoms with Crippen molar-refractivity contribution in [3.05, 3.63) is 0 Å². The zero-order valence-corrected chi connectivity index (χ0v) is 10.1. The average molecular weight is 233 g/mol. The van der Waals surface area contributed by atoms with Gasteiger partial charge in [0.2, 0.25) is 0 Å². The molecule has 2 aliphatic rings. The Labute approximate surface area is 95.9 Å². The third kappa shape index (κ3) is 2.72. The predicted octanol–water partition coefficient (Wildman–Crippen LogP) is 2.68. The SMILES string of the molecule is CC(C)OCCC1(N2CCC(F)(F)C2)CC1. The maximum absolute atomic E-state index is 13.1. The molecule has 2 nitrogen and oxygen atoms in total. The standard InChI is InChI=1S/C12H21F2NO/c1-10(2)16-8-6-11(3-4-11)15-7-5-12(13,14)9-15/h10H,3-9H2,1-2H3. The van der Waals surface area contributed by atoms with Gasteiger partial charge in [-0.05, 0) is 33.1 Å². The first-order valence-electron chi connectivity index (χ1n) is 6.18. The van der Waals surface area contributed by atoms with E-state index in [1.54, 1.807) is 0 Å². The van der Waals surface area contributed by atoms with Crippen LogP contribution in [0.2, 0.25) is 0 Å². The van der Waals surface area contributed by atoms with Crippen LogP contribution in [0.4, 0.5) is 8.78 Å². The van der Waals surface area contributed by atoms with Gasteiger partial charge in [0.15, 0.2) is 0 Å². The van der Waals surface area contributed by atoms with E-state index < -0.39 is 5.92 Å². The van der Waals surface area contributed by atoms with Crippen molar-refractivity contribution in [2.75, 3.05) is 19.7 Å². The lowest BCUT2D eigenvalue weighted by Gasteiger charge is -2.27. The zero-order chi connectivity index (χ0) is 11.8. The molecule has 2 rings (SSSR count). The van der Waals surface area contributed by atoms with Crippen LogP contribution >= 0.6 is 0 Å². The van der Waals surface area contributed by atoms with E-state index >= 15 is 0 Å². The van der Waals surface area contributed by atoms with Crippen LogP contribution in [0.5, 0.6) is 0 Å². The molecule has 1 saturated carbocycles. The Bertz CT molecular complexity index is 251. The van der Waals surface area contributed by atoms with Gasteiger partial charge >= 0.3 is 0 Å². The molecule has 0 spiro atoms. The summed E-state index contributed by atoms with van der Waals surface area (Å²) in [6.07, 6.45) is 3.28. The monoisotopic (exact) mass is 233 g/mol. The van der Waals surface area contributed by atoms with E-state index in [1.807, 2.05) is 18.7 Å². The molecule has 1 heterocycles.